The third-order valence-electron chi connectivity index (χ3n) is 1.67. The van der Waals surface area contributed by atoms with Gasteiger partial charge in [0.15, 0.2) is 5.78 Å². The lowest BCUT2D eigenvalue weighted by Gasteiger charge is -1.99. The maximum atomic E-state index is 11.1. The molecule has 0 radical (unpaired) electrons. The fourth-order valence-electron chi connectivity index (χ4n) is 1.07. The molecule has 0 N–H and O–H groups in total. The molecule has 1 rings (SSSR count). The Hall–Kier alpha value is -1.12. The highest BCUT2D eigenvalue weighted by atomic mass is 16.5. The Morgan fingerprint density at radius 3 is 3.00 bits per heavy atom. The summed E-state index contributed by atoms with van der Waals surface area (Å²) in [6.07, 6.45) is 2.30. The van der Waals surface area contributed by atoms with Crippen molar-refractivity contribution in [2.24, 2.45) is 5.92 Å². The predicted octanol–water partition coefficient (Wildman–Crippen LogP) is 0.695. The summed E-state index contributed by atoms with van der Waals surface area (Å²) in [5, 5.41) is 0. The van der Waals surface area contributed by atoms with Crippen LogP contribution in [-0.4, -0.2) is 18.4 Å². The van der Waals surface area contributed by atoms with Crippen molar-refractivity contribution in [2.45, 2.75) is 12.8 Å². The van der Waals surface area contributed by atoms with Gasteiger partial charge < -0.3 is 4.74 Å². The first kappa shape index (κ1) is 7.98. The normalized spacial score (nSPS) is 22.9. The molecule has 0 aliphatic carbocycles. The summed E-state index contributed by atoms with van der Waals surface area (Å²) < 4.78 is 4.64. The highest BCUT2D eigenvalue weighted by Gasteiger charge is 2.31. The zero-order valence-corrected chi connectivity index (χ0v) is 6.21. The SMILES string of the molecule is C=CCC(=O)[C@H]1CCOC1=O. The number of allylic oxidation sites excluding steroid dienone is 1. The number of carbonyl (C=O) groups excluding carboxylic acids is 2. The van der Waals surface area contributed by atoms with Crippen LogP contribution >= 0.6 is 0 Å². The molecule has 1 aliphatic heterocycles. The van der Waals surface area contributed by atoms with Gasteiger partial charge in [0, 0.05) is 12.8 Å². The van der Waals surface area contributed by atoms with Crippen molar-refractivity contribution in [3.8, 4) is 0 Å². The molecule has 0 saturated carbocycles. The number of ether oxygens (including phenoxy) is 1. The second-order valence-corrected chi connectivity index (χ2v) is 2.47. The molecule has 3 heteroatoms. The first-order valence-electron chi connectivity index (χ1n) is 3.56. The first-order chi connectivity index (χ1) is 5.25. The maximum Gasteiger partial charge on any atom is 0.316 e. The van der Waals surface area contributed by atoms with Gasteiger partial charge in [-0.3, -0.25) is 9.59 Å². The van der Waals surface area contributed by atoms with Gasteiger partial charge in [-0.25, -0.2) is 0 Å². The van der Waals surface area contributed by atoms with Crippen LogP contribution in [0.4, 0.5) is 0 Å². The van der Waals surface area contributed by atoms with Gasteiger partial charge in [0.25, 0.3) is 0 Å². The first-order valence-corrected chi connectivity index (χ1v) is 3.56. The average Bonchev–Trinajstić information content (AvgIpc) is 2.36. The summed E-state index contributed by atoms with van der Waals surface area (Å²) in [6.45, 7) is 3.81. The molecule has 0 spiro atoms. The van der Waals surface area contributed by atoms with Crippen molar-refractivity contribution >= 4 is 11.8 Å². The van der Waals surface area contributed by atoms with Gasteiger partial charge in [-0.15, -0.1) is 6.58 Å². The standard InChI is InChI=1S/C8H10O3/c1-2-3-7(9)6-4-5-11-8(6)10/h2,6H,1,3-5H2/t6-/m1/s1. The van der Waals surface area contributed by atoms with Crippen LogP contribution in [0.15, 0.2) is 12.7 Å². The molecule has 3 nitrogen and oxygen atoms in total. The molecule has 0 aromatic rings. The van der Waals surface area contributed by atoms with E-state index in [9.17, 15) is 9.59 Å². The molecule has 0 amide bonds. The van der Waals surface area contributed by atoms with E-state index < -0.39 is 5.92 Å². The van der Waals surface area contributed by atoms with Gasteiger partial charge in [-0.2, -0.15) is 0 Å². The molecule has 11 heavy (non-hydrogen) atoms. The molecule has 0 aromatic carbocycles. The summed E-state index contributed by atoms with van der Waals surface area (Å²) in [7, 11) is 0. The second kappa shape index (κ2) is 3.32. The van der Waals surface area contributed by atoms with Crippen molar-refractivity contribution in [3.63, 3.8) is 0 Å². The molecule has 1 aliphatic rings. The minimum absolute atomic E-state index is 0.0810. The number of rotatable bonds is 3. The lowest BCUT2D eigenvalue weighted by atomic mass is 10.0. The Labute approximate surface area is 65.0 Å². The Balaban J connectivity index is 2.52. The van der Waals surface area contributed by atoms with Gasteiger partial charge >= 0.3 is 5.97 Å². The molecular formula is C8H10O3. The average molecular weight is 154 g/mol. The lowest BCUT2D eigenvalue weighted by Crippen LogP contribution is -2.18. The molecule has 1 fully saturated rings. The number of hydrogen-bond donors (Lipinski definition) is 0. The van der Waals surface area contributed by atoms with E-state index >= 15 is 0 Å². The van der Waals surface area contributed by atoms with Crippen molar-refractivity contribution in [2.75, 3.05) is 6.61 Å². The van der Waals surface area contributed by atoms with Crippen LogP contribution in [0.1, 0.15) is 12.8 Å². The number of hydrogen-bond acceptors (Lipinski definition) is 3. The Bertz CT molecular complexity index is 196. The lowest BCUT2D eigenvalue weighted by molar-refractivity contribution is -0.144. The van der Waals surface area contributed by atoms with Crippen molar-refractivity contribution < 1.29 is 14.3 Å². The van der Waals surface area contributed by atoms with Gasteiger partial charge in [0.05, 0.1) is 6.61 Å². The monoisotopic (exact) mass is 154 g/mol. The number of carbonyl (C=O) groups is 2. The van der Waals surface area contributed by atoms with E-state index in [4.69, 9.17) is 0 Å². The van der Waals surface area contributed by atoms with Crippen LogP contribution in [-0.2, 0) is 14.3 Å². The molecular weight excluding hydrogens is 144 g/mol. The van der Waals surface area contributed by atoms with E-state index in [1.807, 2.05) is 0 Å². The van der Waals surface area contributed by atoms with E-state index in [2.05, 4.69) is 11.3 Å². The highest BCUT2D eigenvalue weighted by molar-refractivity contribution is 6.00. The van der Waals surface area contributed by atoms with E-state index in [-0.39, 0.29) is 18.2 Å². The predicted molar refractivity (Wildman–Crippen MR) is 38.9 cm³/mol. The quantitative estimate of drug-likeness (QED) is 0.341. The largest absolute Gasteiger partial charge is 0.465 e. The maximum absolute atomic E-state index is 11.1. The highest BCUT2D eigenvalue weighted by Crippen LogP contribution is 2.16. The van der Waals surface area contributed by atoms with Crippen LogP contribution in [0, 0.1) is 5.92 Å². The molecule has 0 aromatic heterocycles. The van der Waals surface area contributed by atoms with E-state index in [0.29, 0.717) is 13.0 Å². The van der Waals surface area contributed by atoms with Gasteiger partial charge in [0.2, 0.25) is 0 Å². The van der Waals surface area contributed by atoms with E-state index in [1.165, 1.54) is 6.08 Å². The third kappa shape index (κ3) is 1.67. The summed E-state index contributed by atoms with van der Waals surface area (Å²) in [5.41, 5.74) is 0. The molecule has 60 valence electrons. The van der Waals surface area contributed by atoms with E-state index in [1.54, 1.807) is 0 Å². The number of cyclic esters (lactones) is 1. The van der Waals surface area contributed by atoms with Crippen molar-refractivity contribution in [1.29, 1.82) is 0 Å². The molecule has 0 unspecified atom stereocenters. The Kier molecular flexibility index (Phi) is 2.41. The second-order valence-electron chi connectivity index (χ2n) is 2.47. The van der Waals surface area contributed by atoms with Crippen molar-refractivity contribution in [3.05, 3.63) is 12.7 Å². The topological polar surface area (TPSA) is 43.4 Å². The van der Waals surface area contributed by atoms with Crippen LogP contribution in [0.2, 0.25) is 0 Å². The summed E-state index contributed by atoms with van der Waals surface area (Å²) in [4.78, 5) is 21.9. The Morgan fingerprint density at radius 1 is 1.82 bits per heavy atom. The third-order valence-corrected chi connectivity index (χ3v) is 1.67. The van der Waals surface area contributed by atoms with Gasteiger partial charge in [0.1, 0.15) is 5.92 Å². The molecule has 1 heterocycles. The van der Waals surface area contributed by atoms with Crippen molar-refractivity contribution in [1.82, 2.24) is 0 Å². The summed E-state index contributed by atoms with van der Waals surface area (Å²) in [5.74, 6) is -0.979. The fourth-order valence-corrected chi connectivity index (χ4v) is 1.07. The minimum Gasteiger partial charge on any atom is -0.465 e. The smallest absolute Gasteiger partial charge is 0.316 e. The number of Topliss-reactive ketones (excluding diaryl/α,β-unsaturated/α-hetero) is 1. The van der Waals surface area contributed by atoms with Crippen LogP contribution in [0.5, 0.6) is 0 Å². The summed E-state index contributed by atoms with van der Waals surface area (Å²) in [6, 6.07) is 0. The molecule has 0 bridgehead atoms. The zero-order chi connectivity index (χ0) is 8.27. The molecule has 1 saturated heterocycles. The Morgan fingerprint density at radius 2 is 2.55 bits per heavy atom. The van der Waals surface area contributed by atoms with Gasteiger partial charge in [-0.1, -0.05) is 6.08 Å². The van der Waals surface area contributed by atoms with Crippen LogP contribution in [0.3, 0.4) is 0 Å². The fraction of sp³-hybridized carbons (Fsp3) is 0.500. The zero-order valence-electron chi connectivity index (χ0n) is 6.21. The van der Waals surface area contributed by atoms with E-state index in [0.717, 1.165) is 0 Å². The van der Waals surface area contributed by atoms with Gasteiger partial charge in [-0.05, 0) is 0 Å². The molecule has 1 atom stereocenters. The van der Waals surface area contributed by atoms with Crippen LogP contribution < -0.4 is 0 Å². The number of esters is 1. The number of ketones is 1. The summed E-state index contributed by atoms with van der Waals surface area (Å²) >= 11 is 0. The van der Waals surface area contributed by atoms with Crippen LogP contribution in [0.25, 0.3) is 0 Å². The minimum atomic E-state index is -0.520.